The van der Waals surface area contributed by atoms with Gasteiger partial charge in [-0.2, -0.15) is 0 Å². The molecule has 0 aromatic rings. The standard InChI is InChI=1S/C16H24N2O3/c1-10-14(19)17-16(7-2-3-8-16)15(20)18(10)12-6-9-21-13(12)11-4-5-11/h10-13H,2-9H2,1H3,(H,17,19). The van der Waals surface area contributed by atoms with Crippen LogP contribution in [0, 0.1) is 5.92 Å². The third-order valence-corrected chi connectivity index (χ3v) is 5.81. The molecule has 116 valence electrons. The molecule has 1 N–H and O–H groups in total. The molecule has 3 atom stereocenters. The number of carbonyl (C=O) groups excluding carboxylic acids is 2. The monoisotopic (exact) mass is 292 g/mol. The lowest BCUT2D eigenvalue weighted by atomic mass is 9.88. The van der Waals surface area contributed by atoms with Crippen molar-refractivity contribution in [3.05, 3.63) is 0 Å². The quantitative estimate of drug-likeness (QED) is 0.832. The molecule has 2 saturated heterocycles. The van der Waals surface area contributed by atoms with Crippen LogP contribution in [0.3, 0.4) is 0 Å². The van der Waals surface area contributed by atoms with Gasteiger partial charge in [-0.25, -0.2) is 0 Å². The highest BCUT2D eigenvalue weighted by Gasteiger charge is 2.55. The third-order valence-electron chi connectivity index (χ3n) is 5.81. The molecule has 4 aliphatic rings. The first-order chi connectivity index (χ1) is 10.1. The van der Waals surface area contributed by atoms with Crippen LogP contribution in [-0.2, 0) is 14.3 Å². The van der Waals surface area contributed by atoms with Gasteiger partial charge in [0.05, 0.1) is 12.1 Å². The highest BCUT2D eigenvalue weighted by Crippen LogP contribution is 2.43. The Kier molecular flexibility index (Phi) is 3.03. The summed E-state index contributed by atoms with van der Waals surface area (Å²) in [5, 5.41) is 3.03. The summed E-state index contributed by atoms with van der Waals surface area (Å²) < 4.78 is 5.90. The highest BCUT2D eigenvalue weighted by atomic mass is 16.5. The molecule has 0 aromatic heterocycles. The van der Waals surface area contributed by atoms with Gasteiger partial charge in [-0.15, -0.1) is 0 Å². The summed E-state index contributed by atoms with van der Waals surface area (Å²) in [6, 6.07) is -0.264. The molecule has 2 amide bonds. The minimum absolute atomic E-state index is 0.0120. The van der Waals surface area contributed by atoms with Gasteiger partial charge in [0.1, 0.15) is 11.6 Å². The molecular weight excluding hydrogens is 268 g/mol. The fourth-order valence-electron chi connectivity index (χ4n) is 4.47. The van der Waals surface area contributed by atoms with E-state index in [4.69, 9.17) is 4.74 Å². The summed E-state index contributed by atoms with van der Waals surface area (Å²) in [5.41, 5.74) is -0.611. The van der Waals surface area contributed by atoms with Gasteiger partial charge in [-0.05, 0) is 44.9 Å². The molecule has 0 bridgehead atoms. The van der Waals surface area contributed by atoms with Crippen LogP contribution in [0.2, 0.25) is 0 Å². The van der Waals surface area contributed by atoms with E-state index in [0.29, 0.717) is 5.92 Å². The van der Waals surface area contributed by atoms with Gasteiger partial charge in [0.25, 0.3) is 0 Å². The Morgan fingerprint density at radius 1 is 1.19 bits per heavy atom. The van der Waals surface area contributed by atoms with Crippen molar-refractivity contribution < 1.29 is 14.3 Å². The van der Waals surface area contributed by atoms with Crippen LogP contribution in [0.5, 0.6) is 0 Å². The Morgan fingerprint density at radius 3 is 2.57 bits per heavy atom. The van der Waals surface area contributed by atoms with E-state index < -0.39 is 5.54 Å². The second-order valence-electron chi connectivity index (χ2n) is 7.20. The van der Waals surface area contributed by atoms with Crippen molar-refractivity contribution in [3.63, 3.8) is 0 Å². The van der Waals surface area contributed by atoms with Gasteiger partial charge >= 0.3 is 0 Å². The number of amides is 2. The first-order valence-electron chi connectivity index (χ1n) is 8.39. The molecular formula is C16H24N2O3. The van der Waals surface area contributed by atoms with Crippen LogP contribution in [0.4, 0.5) is 0 Å². The minimum atomic E-state index is -0.611. The van der Waals surface area contributed by atoms with E-state index in [-0.39, 0.29) is 30.0 Å². The minimum Gasteiger partial charge on any atom is -0.376 e. The van der Waals surface area contributed by atoms with Crippen LogP contribution in [-0.4, -0.2) is 47.0 Å². The molecule has 3 unspecified atom stereocenters. The Labute approximate surface area is 125 Å². The molecule has 5 nitrogen and oxygen atoms in total. The number of carbonyl (C=O) groups is 2. The summed E-state index contributed by atoms with van der Waals surface area (Å²) >= 11 is 0. The Balaban J connectivity index is 1.64. The molecule has 2 aliphatic carbocycles. The average molecular weight is 292 g/mol. The summed E-state index contributed by atoms with van der Waals surface area (Å²) in [5.74, 6) is 0.758. The number of piperazine rings is 1. The van der Waals surface area contributed by atoms with Gasteiger partial charge < -0.3 is 15.0 Å². The fraction of sp³-hybridized carbons (Fsp3) is 0.875. The third kappa shape index (κ3) is 2.00. The Bertz CT molecular complexity index is 468. The van der Waals surface area contributed by atoms with Crippen molar-refractivity contribution in [1.82, 2.24) is 10.2 Å². The molecule has 1 spiro atoms. The maximum absolute atomic E-state index is 13.1. The summed E-state index contributed by atoms with van der Waals surface area (Å²) in [6.07, 6.45) is 7.08. The van der Waals surface area contributed by atoms with Gasteiger partial charge in [-0.1, -0.05) is 12.8 Å². The first-order valence-corrected chi connectivity index (χ1v) is 8.39. The van der Waals surface area contributed by atoms with Crippen molar-refractivity contribution in [2.75, 3.05) is 6.61 Å². The van der Waals surface area contributed by atoms with Gasteiger partial charge in [0, 0.05) is 6.61 Å². The number of nitrogens with zero attached hydrogens (tertiary/aromatic N) is 1. The average Bonchev–Trinajstić information content (AvgIpc) is 3.01. The summed E-state index contributed by atoms with van der Waals surface area (Å²) in [6.45, 7) is 2.58. The second kappa shape index (κ2) is 4.70. The van der Waals surface area contributed by atoms with E-state index in [1.165, 1.54) is 12.8 Å². The maximum Gasteiger partial charge on any atom is 0.249 e. The van der Waals surface area contributed by atoms with E-state index in [1.807, 2.05) is 11.8 Å². The van der Waals surface area contributed by atoms with Gasteiger partial charge in [-0.3, -0.25) is 9.59 Å². The SMILES string of the molecule is CC1C(=O)NC2(CCCC2)C(=O)N1C1CCOC1C1CC1. The number of nitrogens with one attached hydrogen (secondary N) is 1. The first kappa shape index (κ1) is 13.6. The van der Waals surface area contributed by atoms with Gasteiger partial charge in [0.15, 0.2) is 0 Å². The van der Waals surface area contributed by atoms with Crippen molar-refractivity contribution in [2.45, 2.75) is 75.6 Å². The number of hydrogen-bond donors (Lipinski definition) is 1. The topological polar surface area (TPSA) is 58.6 Å². The van der Waals surface area contributed by atoms with Crippen molar-refractivity contribution in [3.8, 4) is 0 Å². The van der Waals surface area contributed by atoms with Crippen LogP contribution < -0.4 is 5.32 Å². The van der Waals surface area contributed by atoms with E-state index in [0.717, 1.165) is 38.7 Å². The maximum atomic E-state index is 13.1. The van der Waals surface area contributed by atoms with E-state index in [1.54, 1.807) is 0 Å². The zero-order chi connectivity index (χ0) is 14.6. The van der Waals surface area contributed by atoms with Crippen LogP contribution in [0.1, 0.15) is 51.9 Å². The Morgan fingerprint density at radius 2 is 1.90 bits per heavy atom. The largest absolute Gasteiger partial charge is 0.376 e. The van der Waals surface area contributed by atoms with Crippen LogP contribution in [0.15, 0.2) is 0 Å². The highest BCUT2D eigenvalue weighted by molar-refractivity contribution is 6.00. The molecule has 4 fully saturated rings. The fourth-order valence-corrected chi connectivity index (χ4v) is 4.47. The number of ether oxygens (including phenoxy) is 1. The van der Waals surface area contributed by atoms with Crippen molar-refractivity contribution in [1.29, 1.82) is 0 Å². The molecule has 0 radical (unpaired) electrons. The van der Waals surface area contributed by atoms with E-state index in [9.17, 15) is 9.59 Å². The molecule has 2 saturated carbocycles. The molecule has 2 aliphatic heterocycles. The lowest BCUT2D eigenvalue weighted by Gasteiger charge is -2.47. The molecule has 2 heterocycles. The number of rotatable bonds is 2. The second-order valence-corrected chi connectivity index (χ2v) is 7.20. The Hall–Kier alpha value is -1.10. The summed E-state index contributed by atoms with van der Waals surface area (Å²) in [4.78, 5) is 27.4. The molecule has 5 heteroatoms. The van der Waals surface area contributed by atoms with Crippen molar-refractivity contribution >= 4 is 11.8 Å². The predicted octanol–water partition coefficient (Wildman–Crippen LogP) is 1.21. The van der Waals surface area contributed by atoms with Crippen molar-refractivity contribution in [2.24, 2.45) is 5.92 Å². The normalized spacial score (nSPS) is 39.1. The zero-order valence-electron chi connectivity index (χ0n) is 12.6. The predicted molar refractivity (Wildman–Crippen MR) is 76.5 cm³/mol. The van der Waals surface area contributed by atoms with Gasteiger partial charge in [0.2, 0.25) is 11.8 Å². The summed E-state index contributed by atoms with van der Waals surface area (Å²) in [7, 11) is 0. The van der Waals surface area contributed by atoms with Crippen LogP contribution >= 0.6 is 0 Å². The molecule has 4 rings (SSSR count). The lowest BCUT2D eigenvalue weighted by molar-refractivity contribution is -0.158. The lowest BCUT2D eigenvalue weighted by Crippen LogP contribution is -2.71. The smallest absolute Gasteiger partial charge is 0.249 e. The van der Waals surface area contributed by atoms with Crippen LogP contribution in [0.25, 0.3) is 0 Å². The van der Waals surface area contributed by atoms with E-state index >= 15 is 0 Å². The molecule has 21 heavy (non-hydrogen) atoms. The molecule has 0 aromatic carbocycles. The van der Waals surface area contributed by atoms with E-state index in [2.05, 4.69) is 5.32 Å². The number of hydrogen-bond acceptors (Lipinski definition) is 3. The zero-order valence-corrected chi connectivity index (χ0v) is 12.6.